The molecule has 0 bridgehead atoms. The minimum atomic E-state index is -1.22. The zero-order valence-electron chi connectivity index (χ0n) is 10.9. The van der Waals surface area contributed by atoms with Crippen LogP contribution >= 0.6 is 0 Å². The summed E-state index contributed by atoms with van der Waals surface area (Å²) >= 11 is 0. The predicted octanol–water partition coefficient (Wildman–Crippen LogP) is 1.90. The van der Waals surface area contributed by atoms with Gasteiger partial charge in [0.05, 0.1) is 6.54 Å². The van der Waals surface area contributed by atoms with Crippen LogP contribution in [-0.4, -0.2) is 34.7 Å². The van der Waals surface area contributed by atoms with Crippen molar-refractivity contribution in [3.05, 3.63) is 48.6 Å². The SMILES string of the molecule is C#CCN(C(=O)OCc1ccccc1)C(C=C)C(=O)O. The van der Waals surface area contributed by atoms with Crippen LogP contribution in [0.5, 0.6) is 0 Å². The number of terminal acetylenes is 1. The molecular formula is C15H15NO4. The molecule has 1 aromatic carbocycles. The maximum absolute atomic E-state index is 11.9. The molecule has 0 heterocycles. The van der Waals surface area contributed by atoms with Gasteiger partial charge in [0.1, 0.15) is 6.61 Å². The standard InChI is InChI=1S/C15H15NO4/c1-3-10-16(13(4-2)14(17)18)15(19)20-11-12-8-6-5-7-9-12/h1,4-9,13H,2,10-11H2,(H,17,18). The Bertz CT molecular complexity index is 518. The molecule has 0 radical (unpaired) electrons. The zero-order chi connectivity index (χ0) is 15.0. The molecular weight excluding hydrogens is 258 g/mol. The minimum Gasteiger partial charge on any atom is -0.479 e. The Morgan fingerprint density at radius 2 is 2.10 bits per heavy atom. The molecule has 5 heteroatoms. The Labute approximate surface area is 117 Å². The lowest BCUT2D eigenvalue weighted by atomic mass is 10.2. The lowest BCUT2D eigenvalue weighted by Crippen LogP contribution is -2.44. The van der Waals surface area contributed by atoms with Crippen LogP contribution in [0.3, 0.4) is 0 Å². The predicted molar refractivity (Wildman–Crippen MR) is 73.8 cm³/mol. The molecule has 1 aromatic rings. The fraction of sp³-hybridized carbons (Fsp3) is 0.200. The Hall–Kier alpha value is -2.74. The van der Waals surface area contributed by atoms with Gasteiger partial charge in [-0.15, -0.1) is 13.0 Å². The molecule has 1 N–H and O–H groups in total. The summed E-state index contributed by atoms with van der Waals surface area (Å²) < 4.78 is 5.06. The lowest BCUT2D eigenvalue weighted by Gasteiger charge is -2.24. The molecule has 0 spiro atoms. The number of aliphatic carboxylic acids is 1. The zero-order valence-corrected chi connectivity index (χ0v) is 10.9. The van der Waals surface area contributed by atoms with Crippen molar-refractivity contribution in [2.24, 2.45) is 0 Å². The van der Waals surface area contributed by atoms with Crippen molar-refractivity contribution >= 4 is 12.1 Å². The highest BCUT2D eigenvalue weighted by Gasteiger charge is 2.27. The summed E-state index contributed by atoms with van der Waals surface area (Å²) in [5, 5.41) is 9.02. The van der Waals surface area contributed by atoms with Gasteiger partial charge in [0.25, 0.3) is 0 Å². The maximum atomic E-state index is 11.9. The van der Waals surface area contributed by atoms with Gasteiger partial charge in [0.2, 0.25) is 0 Å². The number of carbonyl (C=O) groups is 2. The molecule has 20 heavy (non-hydrogen) atoms. The van der Waals surface area contributed by atoms with Gasteiger partial charge in [-0.3, -0.25) is 4.90 Å². The first-order chi connectivity index (χ1) is 9.60. The number of carboxylic acid groups (broad SMARTS) is 1. The molecule has 0 aliphatic rings. The van der Waals surface area contributed by atoms with E-state index in [-0.39, 0.29) is 13.2 Å². The average Bonchev–Trinajstić information content (AvgIpc) is 2.45. The summed E-state index contributed by atoms with van der Waals surface area (Å²) in [6, 6.07) is 7.84. The van der Waals surface area contributed by atoms with E-state index >= 15 is 0 Å². The van der Waals surface area contributed by atoms with Crippen molar-refractivity contribution in [3.8, 4) is 12.3 Å². The molecule has 1 amide bonds. The second-order valence-electron chi connectivity index (χ2n) is 3.89. The fourth-order valence-electron chi connectivity index (χ4n) is 1.54. The van der Waals surface area contributed by atoms with Gasteiger partial charge >= 0.3 is 12.1 Å². The fourth-order valence-corrected chi connectivity index (χ4v) is 1.54. The van der Waals surface area contributed by atoms with E-state index < -0.39 is 18.1 Å². The van der Waals surface area contributed by atoms with Gasteiger partial charge < -0.3 is 9.84 Å². The van der Waals surface area contributed by atoms with Crippen molar-refractivity contribution in [1.29, 1.82) is 0 Å². The van der Waals surface area contributed by atoms with Crippen LogP contribution in [0.2, 0.25) is 0 Å². The van der Waals surface area contributed by atoms with Crippen LogP contribution in [0.4, 0.5) is 4.79 Å². The van der Waals surface area contributed by atoms with Crippen molar-refractivity contribution < 1.29 is 19.4 Å². The van der Waals surface area contributed by atoms with Gasteiger partial charge in [-0.25, -0.2) is 9.59 Å². The first kappa shape index (κ1) is 15.3. The van der Waals surface area contributed by atoms with Gasteiger partial charge in [0.15, 0.2) is 6.04 Å². The van der Waals surface area contributed by atoms with E-state index in [2.05, 4.69) is 12.5 Å². The molecule has 104 valence electrons. The monoisotopic (exact) mass is 273 g/mol. The summed E-state index contributed by atoms with van der Waals surface area (Å²) in [6.45, 7) is 3.26. The van der Waals surface area contributed by atoms with Crippen molar-refractivity contribution in [2.45, 2.75) is 12.6 Å². The number of carboxylic acids is 1. The number of nitrogens with zero attached hydrogens (tertiary/aromatic N) is 1. The molecule has 0 aromatic heterocycles. The molecule has 0 fully saturated rings. The molecule has 1 atom stereocenters. The topological polar surface area (TPSA) is 66.8 Å². The van der Waals surface area contributed by atoms with Crippen LogP contribution in [0.1, 0.15) is 5.56 Å². The van der Waals surface area contributed by atoms with Crippen molar-refractivity contribution in [3.63, 3.8) is 0 Å². The van der Waals surface area contributed by atoms with Crippen molar-refractivity contribution in [2.75, 3.05) is 6.54 Å². The summed E-state index contributed by atoms with van der Waals surface area (Å²) in [4.78, 5) is 23.9. The number of hydrogen-bond acceptors (Lipinski definition) is 3. The van der Waals surface area contributed by atoms with E-state index in [9.17, 15) is 9.59 Å². The summed E-state index contributed by atoms with van der Waals surface area (Å²) in [7, 11) is 0. The van der Waals surface area contributed by atoms with Crippen molar-refractivity contribution in [1.82, 2.24) is 4.90 Å². The first-order valence-electron chi connectivity index (χ1n) is 5.86. The third-order valence-corrected chi connectivity index (χ3v) is 2.51. The van der Waals surface area contributed by atoms with E-state index in [1.165, 1.54) is 0 Å². The van der Waals surface area contributed by atoms with E-state index in [0.717, 1.165) is 16.5 Å². The molecule has 0 aliphatic heterocycles. The minimum absolute atomic E-state index is 0.0459. The number of rotatable bonds is 6. The second-order valence-corrected chi connectivity index (χ2v) is 3.89. The van der Waals surface area contributed by atoms with Crippen LogP contribution in [0.15, 0.2) is 43.0 Å². The largest absolute Gasteiger partial charge is 0.479 e. The molecule has 1 unspecified atom stereocenters. The Morgan fingerprint density at radius 3 is 2.60 bits per heavy atom. The van der Waals surface area contributed by atoms with Crippen LogP contribution in [-0.2, 0) is 16.1 Å². The number of hydrogen-bond donors (Lipinski definition) is 1. The van der Waals surface area contributed by atoms with Crippen LogP contribution < -0.4 is 0 Å². The second kappa shape index (κ2) is 7.64. The quantitative estimate of drug-likeness (QED) is 0.635. The van der Waals surface area contributed by atoms with E-state index in [1.54, 1.807) is 12.1 Å². The Balaban J connectivity index is 2.72. The third-order valence-electron chi connectivity index (χ3n) is 2.51. The van der Waals surface area contributed by atoms with E-state index in [4.69, 9.17) is 16.3 Å². The van der Waals surface area contributed by atoms with Crippen LogP contribution in [0, 0.1) is 12.3 Å². The first-order valence-corrected chi connectivity index (χ1v) is 5.86. The Morgan fingerprint density at radius 1 is 1.45 bits per heavy atom. The molecule has 0 saturated heterocycles. The smallest absolute Gasteiger partial charge is 0.411 e. The lowest BCUT2D eigenvalue weighted by molar-refractivity contribution is -0.140. The molecule has 0 aliphatic carbocycles. The van der Waals surface area contributed by atoms with Gasteiger partial charge in [-0.1, -0.05) is 42.3 Å². The summed E-state index contributed by atoms with van der Waals surface area (Å²) in [6.07, 6.45) is 5.48. The number of amides is 1. The number of ether oxygens (including phenoxy) is 1. The van der Waals surface area contributed by atoms with Gasteiger partial charge in [-0.2, -0.15) is 0 Å². The summed E-state index contributed by atoms with van der Waals surface area (Å²) in [5.74, 6) is 1.01. The highest BCUT2D eigenvalue weighted by molar-refractivity contribution is 5.82. The number of benzene rings is 1. The van der Waals surface area contributed by atoms with Gasteiger partial charge in [-0.05, 0) is 5.56 Å². The van der Waals surface area contributed by atoms with E-state index in [0.29, 0.717) is 0 Å². The number of carbonyl (C=O) groups excluding carboxylic acids is 1. The molecule has 0 saturated carbocycles. The maximum Gasteiger partial charge on any atom is 0.411 e. The van der Waals surface area contributed by atoms with Gasteiger partial charge in [0, 0.05) is 0 Å². The molecule has 1 rings (SSSR count). The molecule has 5 nitrogen and oxygen atoms in total. The van der Waals surface area contributed by atoms with E-state index in [1.807, 2.05) is 18.2 Å². The normalized spacial score (nSPS) is 10.9. The third kappa shape index (κ3) is 4.18. The Kier molecular flexibility index (Phi) is 5.85. The van der Waals surface area contributed by atoms with Crippen LogP contribution in [0.25, 0.3) is 0 Å². The summed E-state index contributed by atoms with van der Waals surface area (Å²) in [5.41, 5.74) is 0.798. The highest BCUT2D eigenvalue weighted by Crippen LogP contribution is 2.07. The average molecular weight is 273 g/mol. The highest BCUT2D eigenvalue weighted by atomic mass is 16.6.